The highest BCUT2D eigenvalue weighted by molar-refractivity contribution is 5.89. The minimum atomic E-state index is -1.33. The van der Waals surface area contributed by atoms with Gasteiger partial charge in [-0.3, -0.25) is 0 Å². The maximum atomic E-state index is 14.0. The molecule has 6 rings (SSSR count). The van der Waals surface area contributed by atoms with Crippen molar-refractivity contribution in [3.8, 4) is 0 Å². The highest BCUT2D eigenvalue weighted by Crippen LogP contribution is 2.35. The molecule has 2 saturated heterocycles. The summed E-state index contributed by atoms with van der Waals surface area (Å²) in [6.45, 7) is 8.54. The van der Waals surface area contributed by atoms with Gasteiger partial charge < -0.3 is 52.5 Å². The number of ether oxygens (including phenoxy) is 10. The second-order valence-electron chi connectivity index (χ2n) is 14.1. The molecule has 2 aliphatic heterocycles. The van der Waals surface area contributed by atoms with Crippen LogP contribution in [0.1, 0.15) is 27.0 Å². The summed E-state index contributed by atoms with van der Waals surface area (Å²) in [6, 6.07) is 37.8. The third-order valence-electron chi connectivity index (χ3n) is 9.87. The van der Waals surface area contributed by atoms with Crippen molar-refractivity contribution in [3.63, 3.8) is 0 Å². The normalized spacial score (nSPS) is 26.8. The molecular weight excluding hydrogens is 757 g/mol. The van der Waals surface area contributed by atoms with Gasteiger partial charge in [0.25, 0.3) is 0 Å². The number of rotatable bonds is 22. The van der Waals surface area contributed by atoms with Crippen molar-refractivity contribution in [2.24, 2.45) is 0 Å². The van der Waals surface area contributed by atoms with Gasteiger partial charge in [0.05, 0.1) is 51.8 Å². The Morgan fingerprint density at radius 2 is 1.10 bits per heavy atom. The Morgan fingerprint density at radius 3 is 1.68 bits per heavy atom. The first-order valence-electron chi connectivity index (χ1n) is 19.8. The molecule has 0 saturated carbocycles. The van der Waals surface area contributed by atoms with Crippen LogP contribution in [0.15, 0.2) is 147 Å². The van der Waals surface area contributed by atoms with Crippen molar-refractivity contribution in [1.29, 1.82) is 0 Å². The fourth-order valence-electron chi connectivity index (χ4n) is 6.99. The molecule has 0 aliphatic carbocycles. The van der Waals surface area contributed by atoms with Gasteiger partial charge >= 0.3 is 5.97 Å². The van der Waals surface area contributed by atoms with Gasteiger partial charge in [-0.05, 0) is 28.8 Å². The summed E-state index contributed by atoms with van der Waals surface area (Å²) in [5, 5.41) is 11.5. The van der Waals surface area contributed by atoms with Gasteiger partial charge in [0, 0.05) is 7.11 Å². The predicted molar refractivity (Wildman–Crippen MR) is 218 cm³/mol. The van der Waals surface area contributed by atoms with Crippen LogP contribution in [-0.2, 0) is 67.2 Å². The van der Waals surface area contributed by atoms with Gasteiger partial charge in [-0.25, -0.2) is 4.79 Å². The summed E-state index contributed by atoms with van der Waals surface area (Å²) in [6.07, 6.45) is -7.31. The first kappa shape index (κ1) is 44.0. The van der Waals surface area contributed by atoms with E-state index in [1.165, 1.54) is 7.11 Å². The molecule has 4 aromatic rings. The number of carbonyl (C=O) groups excluding carboxylic acids is 1. The Bertz CT molecular complexity index is 1810. The molecule has 0 aromatic heterocycles. The lowest BCUT2D eigenvalue weighted by atomic mass is 9.96. The highest BCUT2D eigenvalue weighted by Gasteiger charge is 2.54. The van der Waals surface area contributed by atoms with Crippen molar-refractivity contribution in [2.75, 3.05) is 33.5 Å². The quantitative estimate of drug-likeness (QED) is 0.0550. The van der Waals surface area contributed by atoms with Gasteiger partial charge in [-0.2, -0.15) is 0 Å². The van der Waals surface area contributed by atoms with Gasteiger partial charge in [0.2, 0.25) is 0 Å². The van der Waals surface area contributed by atoms with Crippen LogP contribution in [0.5, 0.6) is 0 Å². The van der Waals surface area contributed by atoms with E-state index in [0.717, 1.165) is 16.7 Å². The predicted octanol–water partition coefficient (Wildman–Crippen LogP) is 6.22. The molecule has 10 atom stereocenters. The molecule has 0 radical (unpaired) electrons. The zero-order chi connectivity index (χ0) is 41.2. The van der Waals surface area contributed by atoms with Gasteiger partial charge in [-0.1, -0.05) is 121 Å². The lowest BCUT2D eigenvalue weighted by molar-refractivity contribution is -0.366. The summed E-state index contributed by atoms with van der Waals surface area (Å²) in [4.78, 5) is 14.0. The summed E-state index contributed by atoms with van der Waals surface area (Å²) in [7, 11) is 1.43. The van der Waals surface area contributed by atoms with Crippen LogP contribution in [0.4, 0.5) is 0 Å². The van der Waals surface area contributed by atoms with E-state index in [9.17, 15) is 9.90 Å². The molecule has 2 heterocycles. The fourth-order valence-corrected chi connectivity index (χ4v) is 6.99. The number of esters is 1. The number of hydrogen-bond donors (Lipinski definition) is 1. The van der Waals surface area contributed by atoms with Crippen molar-refractivity contribution in [2.45, 2.75) is 81.2 Å². The van der Waals surface area contributed by atoms with Crippen LogP contribution in [0, 0.1) is 0 Å². The molecule has 4 aromatic carbocycles. The van der Waals surface area contributed by atoms with E-state index < -0.39 is 67.4 Å². The molecular formula is C47H54O12. The standard InChI is InChI=1S/C47H54O12/c1-4-26-51-31-38-41(42(53-27-5-2)39(48)46(50-3)56-38)59-47-44(58-45(49)36-24-16-9-17-25-36)43(55-30-35-22-14-8-15-23-35)40(54-29-34-20-12-7-13-21-34)37(57-47)32-52-28-33-18-10-6-11-19-33/h4-25,37-44,46-48H,1-2,26-32H2,3H3/t37-,38-,39+,40-,41-,42-,43+,44+,46+,47-/m1/s1. The molecule has 314 valence electrons. The number of carbonyl (C=O) groups is 1. The fraction of sp³-hybridized carbons (Fsp3) is 0.383. The second kappa shape index (κ2) is 23.3. The average molecular weight is 811 g/mol. The van der Waals surface area contributed by atoms with Crippen molar-refractivity contribution in [1.82, 2.24) is 0 Å². The summed E-state index contributed by atoms with van der Waals surface area (Å²) >= 11 is 0. The largest absolute Gasteiger partial charge is 0.450 e. The van der Waals surface area contributed by atoms with E-state index >= 15 is 0 Å². The summed E-state index contributed by atoms with van der Waals surface area (Å²) in [5.74, 6) is -0.633. The van der Waals surface area contributed by atoms with Gasteiger partial charge in [0.15, 0.2) is 18.7 Å². The molecule has 0 unspecified atom stereocenters. The summed E-state index contributed by atoms with van der Waals surface area (Å²) in [5.41, 5.74) is 3.08. The van der Waals surface area contributed by atoms with E-state index in [1.54, 1.807) is 36.4 Å². The summed E-state index contributed by atoms with van der Waals surface area (Å²) < 4.78 is 63.7. The van der Waals surface area contributed by atoms with Crippen LogP contribution in [0.25, 0.3) is 0 Å². The van der Waals surface area contributed by atoms with Gasteiger partial charge in [-0.15, -0.1) is 13.2 Å². The maximum absolute atomic E-state index is 14.0. The number of hydrogen-bond acceptors (Lipinski definition) is 12. The molecule has 1 N–H and O–H groups in total. The number of aliphatic hydroxyl groups excluding tert-OH is 1. The van der Waals surface area contributed by atoms with E-state index in [-0.39, 0.29) is 39.6 Å². The van der Waals surface area contributed by atoms with E-state index in [4.69, 9.17) is 47.4 Å². The zero-order valence-electron chi connectivity index (χ0n) is 33.3. The first-order valence-corrected chi connectivity index (χ1v) is 19.8. The SMILES string of the molecule is C=CCOC[C@H]1O[C@H](OC)[C@@H](O)[C@@H](OCC=C)[C@@H]1O[C@H]1O[C@H](COCc2ccccc2)[C@@H](OCc2ccccc2)[C@H](OCc2ccccc2)[C@@H]1OC(=O)c1ccccc1. The third kappa shape index (κ3) is 12.5. The molecule has 0 amide bonds. The minimum Gasteiger partial charge on any atom is -0.450 e. The van der Waals surface area contributed by atoms with Crippen LogP contribution in [0.2, 0.25) is 0 Å². The van der Waals surface area contributed by atoms with Gasteiger partial charge in [0.1, 0.15) is 42.7 Å². The molecule has 0 spiro atoms. The molecule has 2 aliphatic rings. The maximum Gasteiger partial charge on any atom is 0.338 e. The van der Waals surface area contributed by atoms with Crippen molar-refractivity contribution in [3.05, 3.63) is 169 Å². The third-order valence-corrected chi connectivity index (χ3v) is 9.87. The lowest BCUT2D eigenvalue weighted by Crippen LogP contribution is -2.66. The molecule has 59 heavy (non-hydrogen) atoms. The molecule has 12 nitrogen and oxygen atoms in total. The molecule has 2 fully saturated rings. The van der Waals surface area contributed by atoms with E-state index in [1.807, 2.05) is 97.1 Å². The lowest BCUT2D eigenvalue weighted by Gasteiger charge is -2.49. The van der Waals surface area contributed by atoms with Crippen molar-refractivity contribution < 1.29 is 57.3 Å². The number of aliphatic hydroxyl groups is 1. The van der Waals surface area contributed by atoms with Crippen LogP contribution in [0.3, 0.4) is 0 Å². The van der Waals surface area contributed by atoms with Crippen LogP contribution < -0.4 is 0 Å². The Morgan fingerprint density at radius 1 is 0.593 bits per heavy atom. The minimum absolute atomic E-state index is 0.0127. The Balaban J connectivity index is 1.41. The van der Waals surface area contributed by atoms with Crippen molar-refractivity contribution >= 4 is 5.97 Å². The second-order valence-corrected chi connectivity index (χ2v) is 14.1. The smallest absolute Gasteiger partial charge is 0.338 e. The van der Waals surface area contributed by atoms with E-state index in [2.05, 4.69) is 13.2 Å². The monoisotopic (exact) mass is 810 g/mol. The molecule has 0 bridgehead atoms. The number of benzene rings is 4. The average Bonchev–Trinajstić information content (AvgIpc) is 3.28. The number of methoxy groups -OCH3 is 1. The highest BCUT2D eigenvalue weighted by atomic mass is 16.8. The van der Waals surface area contributed by atoms with E-state index in [0.29, 0.717) is 12.2 Å². The topological polar surface area (TPSA) is 130 Å². The Hall–Kier alpha value is -4.57. The van der Waals surface area contributed by atoms with Crippen LogP contribution in [-0.4, -0.2) is 106 Å². The molecule has 12 heteroatoms. The van der Waals surface area contributed by atoms with Crippen LogP contribution >= 0.6 is 0 Å². The first-order chi connectivity index (χ1) is 29.0. The Labute approximate surface area is 346 Å². The zero-order valence-corrected chi connectivity index (χ0v) is 33.3. The Kier molecular flexibility index (Phi) is 17.4.